The average molecular weight is 297 g/mol. The van der Waals surface area contributed by atoms with E-state index in [-0.39, 0.29) is 11.8 Å². The topological polar surface area (TPSA) is 50.3 Å². The fourth-order valence-corrected chi connectivity index (χ4v) is 2.30. The molecule has 0 N–H and O–H groups in total. The van der Waals surface area contributed by atoms with Gasteiger partial charge in [-0.2, -0.15) is 0 Å². The number of nitrogens with zero attached hydrogens (tertiary/aromatic N) is 2. The van der Waals surface area contributed by atoms with Gasteiger partial charge in [-0.1, -0.05) is 13.3 Å². The van der Waals surface area contributed by atoms with Crippen LogP contribution in [0, 0.1) is 5.92 Å². The molecule has 1 atom stereocenters. The number of halogens is 1. The maximum absolute atomic E-state index is 12.1. The van der Waals surface area contributed by atoms with Crippen LogP contribution in [0.2, 0.25) is 0 Å². The number of hydrogen-bond donors (Lipinski definition) is 0. The minimum Gasteiger partial charge on any atom is -0.278 e. The van der Waals surface area contributed by atoms with Crippen LogP contribution in [0.3, 0.4) is 0 Å². The molecule has 1 unspecified atom stereocenters. The molecule has 90 valence electrons. The summed E-state index contributed by atoms with van der Waals surface area (Å²) < 4.78 is 0.738. The third kappa shape index (κ3) is 2.54. The number of likely N-dealkylation sites (tertiary alicyclic amines) is 1. The SMILES string of the molecule is CCC1CC(=O)N(C(=O)c2cncc(Br)c2)C1. The van der Waals surface area contributed by atoms with Gasteiger partial charge in [0.1, 0.15) is 0 Å². The molecule has 1 fully saturated rings. The number of aromatic nitrogens is 1. The van der Waals surface area contributed by atoms with E-state index < -0.39 is 0 Å². The van der Waals surface area contributed by atoms with Crippen LogP contribution in [0.4, 0.5) is 0 Å². The Labute approximate surface area is 108 Å². The number of carbonyl (C=O) groups excluding carboxylic acids is 2. The second kappa shape index (κ2) is 4.96. The monoisotopic (exact) mass is 296 g/mol. The number of amides is 2. The standard InChI is InChI=1S/C12H13BrN2O2/c1-2-8-3-11(16)15(7-8)12(17)9-4-10(13)6-14-5-9/h4-6,8H,2-3,7H2,1H3. The lowest BCUT2D eigenvalue weighted by molar-refractivity contribution is -0.125. The van der Waals surface area contributed by atoms with Crippen molar-refractivity contribution in [1.82, 2.24) is 9.88 Å². The van der Waals surface area contributed by atoms with Gasteiger partial charge in [0.15, 0.2) is 0 Å². The highest BCUT2D eigenvalue weighted by molar-refractivity contribution is 9.10. The highest BCUT2D eigenvalue weighted by Gasteiger charge is 2.33. The summed E-state index contributed by atoms with van der Waals surface area (Å²) in [6.45, 7) is 2.56. The van der Waals surface area contributed by atoms with Crippen LogP contribution in [-0.2, 0) is 4.79 Å². The molecule has 1 aromatic rings. The second-order valence-electron chi connectivity index (χ2n) is 4.18. The Morgan fingerprint density at radius 2 is 2.35 bits per heavy atom. The molecule has 1 aliphatic heterocycles. The van der Waals surface area contributed by atoms with Crippen LogP contribution >= 0.6 is 15.9 Å². The van der Waals surface area contributed by atoms with Gasteiger partial charge in [-0.3, -0.25) is 19.5 Å². The molecule has 2 heterocycles. The summed E-state index contributed by atoms with van der Waals surface area (Å²) in [5.74, 6) is -0.0341. The Morgan fingerprint density at radius 1 is 1.59 bits per heavy atom. The molecule has 2 rings (SSSR count). The Morgan fingerprint density at radius 3 is 2.94 bits per heavy atom. The maximum Gasteiger partial charge on any atom is 0.262 e. The van der Waals surface area contributed by atoms with Crippen LogP contribution in [0.25, 0.3) is 0 Å². The van der Waals surface area contributed by atoms with Crippen molar-refractivity contribution in [2.45, 2.75) is 19.8 Å². The molecule has 0 aromatic carbocycles. The average Bonchev–Trinajstić information content (AvgIpc) is 2.69. The molecule has 0 spiro atoms. The summed E-state index contributed by atoms with van der Waals surface area (Å²) in [6.07, 6.45) is 4.49. The summed E-state index contributed by atoms with van der Waals surface area (Å²) in [5, 5.41) is 0. The first-order chi connectivity index (χ1) is 8.11. The van der Waals surface area contributed by atoms with Gasteiger partial charge in [0.25, 0.3) is 5.91 Å². The minimum absolute atomic E-state index is 0.0816. The van der Waals surface area contributed by atoms with E-state index in [0.29, 0.717) is 24.4 Å². The first kappa shape index (κ1) is 12.2. The van der Waals surface area contributed by atoms with Gasteiger partial charge in [0.2, 0.25) is 5.91 Å². The van der Waals surface area contributed by atoms with Crippen LogP contribution in [0.15, 0.2) is 22.9 Å². The maximum atomic E-state index is 12.1. The van der Waals surface area contributed by atoms with E-state index in [2.05, 4.69) is 20.9 Å². The summed E-state index contributed by atoms with van der Waals surface area (Å²) in [7, 11) is 0. The molecule has 0 saturated carbocycles. The van der Waals surface area contributed by atoms with Crippen LogP contribution < -0.4 is 0 Å². The van der Waals surface area contributed by atoms with Crippen molar-refractivity contribution in [1.29, 1.82) is 0 Å². The number of carbonyl (C=O) groups is 2. The Bertz CT molecular complexity index is 462. The Kier molecular flexibility index (Phi) is 3.57. The lowest BCUT2D eigenvalue weighted by Gasteiger charge is -2.14. The van der Waals surface area contributed by atoms with Crippen molar-refractivity contribution in [3.8, 4) is 0 Å². The highest BCUT2D eigenvalue weighted by atomic mass is 79.9. The van der Waals surface area contributed by atoms with Crippen LogP contribution in [0.1, 0.15) is 30.1 Å². The summed E-state index contributed by atoms with van der Waals surface area (Å²) >= 11 is 3.26. The highest BCUT2D eigenvalue weighted by Crippen LogP contribution is 2.22. The third-order valence-electron chi connectivity index (χ3n) is 2.98. The largest absolute Gasteiger partial charge is 0.278 e. The van der Waals surface area contributed by atoms with E-state index in [0.717, 1.165) is 10.9 Å². The molecule has 1 aliphatic rings. The van der Waals surface area contributed by atoms with Gasteiger partial charge in [-0.05, 0) is 27.9 Å². The van der Waals surface area contributed by atoms with Crippen molar-refractivity contribution >= 4 is 27.7 Å². The van der Waals surface area contributed by atoms with E-state index in [9.17, 15) is 9.59 Å². The molecule has 1 saturated heterocycles. The minimum atomic E-state index is -0.250. The van der Waals surface area contributed by atoms with Crippen LogP contribution in [0.5, 0.6) is 0 Å². The number of pyridine rings is 1. The van der Waals surface area contributed by atoms with Crippen molar-refractivity contribution in [2.24, 2.45) is 5.92 Å². The lowest BCUT2D eigenvalue weighted by Crippen LogP contribution is -2.32. The predicted molar refractivity (Wildman–Crippen MR) is 66.4 cm³/mol. The van der Waals surface area contributed by atoms with E-state index in [1.807, 2.05) is 6.92 Å². The quantitative estimate of drug-likeness (QED) is 0.787. The molecule has 1 aromatic heterocycles. The zero-order valence-electron chi connectivity index (χ0n) is 9.52. The first-order valence-electron chi connectivity index (χ1n) is 5.57. The van der Waals surface area contributed by atoms with Gasteiger partial charge in [-0.15, -0.1) is 0 Å². The Balaban J connectivity index is 2.18. The number of hydrogen-bond acceptors (Lipinski definition) is 3. The van der Waals surface area contributed by atoms with E-state index in [1.54, 1.807) is 12.3 Å². The predicted octanol–water partition coefficient (Wildman–Crippen LogP) is 2.24. The van der Waals surface area contributed by atoms with Gasteiger partial charge in [0.05, 0.1) is 5.56 Å². The molecule has 0 bridgehead atoms. The van der Waals surface area contributed by atoms with Gasteiger partial charge >= 0.3 is 0 Å². The van der Waals surface area contributed by atoms with Gasteiger partial charge in [-0.25, -0.2) is 0 Å². The van der Waals surface area contributed by atoms with E-state index >= 15 is 0 Å². The van der Waals surface area contributed by atoms with Crippen LogP contribution in [-0.4, -0.2) is 28.2 Å². The lowest BCUT2D eigenvalue weighted by atomic mass is 10.1. The fraction of sp³-hybridized carbons (Fsp3) is 0.417. The van der Waals surface area contributed by atoms with E-state index in [4.69, 9.17) is 0 Å². The Hall–Kier alpha value is -1.23. The van der Waals surface area contributed by atoms with E-state index in [1.165, 1.54) is 11.1 Å². The third-order valence-corrected chi connectivity index (χ3v) is 3.41. The normalized spacial score (nSPS) is 19.8. The molecule has 5 heteroatoms. The molecular formula is C12H13BrN2O2. The molecule has 0 radical (unpaired) electrons. The second-order valence-corrected chi connectivity index (χ2v) is 5.10. The van der Waals surface area contributed by atoms with Crippen molar-refractivity contribution in [3.63, 3.8) is 0 Å². The molecule has 17 heavy (non-hydrogen) atoms. The summed E-state index contributed by atoms with van der Waals surface area (Å²) in [5.41, 5.74) is 0.449. The molecular weight excluding hydrogens is 284 g/mol. The zero-order chi connectivity index (χ0) is 12.4. The van der Waals surface area contributed by atoms with Crippen molar-refractivity contribution < 1.29 is 9.59 Å². The smallest absolute Gasteiger partial charge is 0.262 e. The molecule has 4 nitrogen and oxygen atoms in total. The van der Waals surface area contributed by atoms with Crippen molar-refractivity contribution in [2.75, 3.05) is 6.54 Å². The molecule has 0 aliphatic carbocycles. The number of rotatable bonds is 2. The van der Waals surface area contributed by atoms with Gasteiger partial charge in [0, 0.05) is 29.8 Å². The number of imide groups is 1. The zero-order valence-corrected chi connectivity index (χ0v) is 11.1. The summed E-state index contributed by atoms with van der Waals surface area (Å²) in [4.78, 5) is 29.1. The first-order valence-corrected chi connectivity index (χ1v) is 6.36. The van der Waals surface area contributed by atoms with Crippen molar-refractivity contribution in [3.05, 3.63) is 28.5 Å². The fourth-order valence-electron chi connectivity index (χ4n) is 1.94. The van der Waals surface area contributed by atoms with Gasteiger partial charge < -0.3 is 0 Å². The molecule has 2 amide bonds. The summed E-state index contributed by atoms with van der Waals surface area (Å²) in [6, 6.07) is 1.68.